The minimum absolute atomic E-state index is 0.114. The summed E-state index contributed by atoms with van der Waals surface area (Å²) in [6.07, 6.45) is 0.520. The molecule has 2 N–H and O–H groups in total. The first-order valence-electron chi connectivity index (χ1n) is 8.37. The van der Waals surface area contributed by atoms with Gasteiger partial charge in [0.05, 0.1) is 25.6 Å². The van der Waals surface area contributed by atoms with Gasteiger partial charge < -0.3 is 19.9 Å². The van der Waals surface area contributed by atoms with Gasteiger partial charge in [-0.05, 0) is 43.9 Å². The molecule has 0 spiro atoms. The van der Waals surface area contributed by atoms with Gasteiger partial charge in [-0.2, -0.15) is 0 Å². The van der Waals surface area contributed by atoms with E-state index in [9.17, 15) is 14.7 Å². The quantitative estimate of drug-likeness (QED) is 0.715. The number of ether oxygens (including phenoxy) is 2. The Hall–Kier alpha value is -2.24. The zero-order valence-corrected chi connectivity index (χ0v) is 15.9. The second-order valence-electron chi connectivity index (χ2n) is 7.07. The van der Waals surface area contributed by atoms with Gasteiger partial charge in [0.1, 0.15) is 0 Å². The third-order valence-corrected chi connectivity index (χ3v) is 4.29. The largest absolute Gasteiger partial charge is 0.493 e. The highest BCUT2D eigenvalue weighted by molar-refractivity contribution is 5.88. The van der Waals surface area contributed by atoms with E-state index in [0.717, 1.165) is 5.56 Å². The van der Waals surface area contributed by atoms with Crippen molar-refractivity contribution < 1.29 is 24.2 Å². The predicted molar refractivity (Wildman–Crippen MR) is 96.2 cm³/mol. The number of carbonyl (C=O) groups excluding carboxylic acids is 1. The van der Waals surface area contributed by atoms with Gasteiger partial charge in [0.2, 0.25) is 5.91 Å². The zero-order valence-electron chi connectivity index (χ0n) is 15.9. The molecule has 1 atom stereocenters. The monoisotopic (exact) mass is 351 g/mol. The predicted octanol–water partition coefficient (Wildman–Crippen LogP) is 2.84. The second-order valence-corrected chi connectivity index (χ2v) is 7.07. The van der Waals surface area contributed by atoms with E-state index in [0.29, 0.717) is 17.9 Å². The number of hydrogen-bond acceptors (Lipinski definition) is 4. The summed E-state index contributed by atoms with van der Waals surface area (Å²) >= 11 is 0. The Morgan fingerprint density at radius 3 is 2.24 bits per heavy atom. The lowest BCUT2D eigenvalue weighted by Crippen LogP contribution is -2.43. The van der Waals surface area contributed by atoms with Crippen LogP contribution >= 0.6 is 0 Å². The Morgan fingerprint density at radius 1 is 1.16 bits per heavy atom. The summed E-state index contributed by atoms with van der Waals surface area (Å²) in [6.45, 7) is 7.63. The van der Waals surface area contributed by atoms with Crippen LogP contribution in [0.25, 0.3) is 0 Å². The van der Waals surface area contributed by atoms with Gasteiger partial charge in [0.25, 0.3) is 0 Å². The third kappa shape index (κ3) is 5.37. The van der Waals surface area contributed by atoms with Gasteiger partial charge in [0, 0.05) is 6.54 Å². The van der Waals surface area contributed by atoms with Crippen molar-refractivity contribution in [3.05, 3.63) is 23.8 Å². The van der Waals surface area contributed by atoms with Crippen LogP contribution in [0.3, 0.4) is 0 Å². The smallest absolute Gasteiger partial charge is 0.308 e. The number of nitrogens with one attached hydrogen (secondary N) is 1. The van der Waals surface area contributed by atoms with Crippen LogP contribution in [-0.2, 0) is 15.0 Å². The molecular weight excluding hydrogens is 322 g/mol. The molecule has 0 bridgehead atoms. The van der Waals surface area contributed by atoms with E-state index in [1.165, 1.54) is 7.11 Å². The number of amides is 1. The summed E-state index contributed by atoms with van der Waals surface area (Å²) in [7, 11) is 3.09. The normalized spacial score (nSPS) is 12.6. The first kappa shape index (κ1) is 20.8. The Bertz CT molecular complexity index is 610. The number of carbonyl (C=O) groups is 2. The highest BCUT2D eigenvalue weighted by Gasteiger charge is 2.31. The fourth-order valence-corrected chi connectivity index (χ4v) is 2.63. The summed E-state index contributed by atoms with van der Waals surface area (Å²) in [4.78, 5) is 24.0. The summed E-state index contributed by atoms with van der Waals surface area (Å²) in [5, 5.41) is 12.1. The number of rotatable bonds is 9. The SMILES string of the molecule is COc1ccc(C(C)(C)C(=O)NCC(CC(C)C)C(=O)O)cc1OC. The first-order chi connectivity index (χ1) is 11.6. The molecule has 1 unspecified atom stereocenters. The van der Waals surface area contributed by atoms with Crippen molar-refractivity contribution in [2.24, 2.45) is 11.8 Å². The molecule has 0 saturated heterocycles. The fourth-order valence-electron chi connectivity index (χ4n) is 2.63. The number of benzene rings is 1. The van der Waals surface area contributed by atoms with E-state index in [2.05, 4.69) is 5.32 Å². The van der Waals surface area contributed by atoms with Crippen molar-refractivity contribution >= 4 is 11.9 Å². The summed E-state index contributed by atoms with van der Waals surface area (Å²) in [5.74, 6) is -0.330. The van der Waals surface area contributed by atoms with Crippen LogP contribution in [0.4, 0.5) is 0 Å². The molecule has 0 aromatic heterocycles. The molecule has 1 rings (SSSR count). The lowest BCUT2D eigenvalue weighted by atomic mass is 9.83. The maximum Gasteiger partial charge on any atom is 0.308 e. The van der Waals surface area contributed by atoms with Crippen LogP contribution in [0.15, 0.2) is 18.2 Å². The van der Waals surface area contributed by atoms with Crippen molar-refractivity contribution in [2.75, 3.05) is 20.8 Å². The maximum atomic E-state index is 12.7. The molecule has 0 saturated carbocycles. The fraction of sp³-hybridized carbons (Fsp3) is 0.579. The molecule has 1 aromatic carbocycles. The van der Waals surface area contributed by atoms with Crippen molar-refractivity contribution in [1.82, 2.24) is 5.32 Å². The Morgan fingerprint density at radius 2 is 1.76 bits per heavy atom. The maximum absolute atomic E-state index is 12.7. The molecule has 0 aliphatic rings. The summed E-state index contributed by atoms with van der Waals surface area (Å²) in [6, 6.07) is 5.33. The molecule has 0 heterocycles. The van der Waals surface area contributed by atoms with Crippen LogP contribution in [0.5, 0.6) is 11.5 Å². The van der Waals surface area contributed by atoms with Crippen LogP contribution in [0.2, 0.25) is 0 Å². The average Bonchev–Trinajstić information content (AvgIpc) is 2.56. The van der Waals surface area contributed by atoms with Crippen molar-refractivity contribution in [3.8, 4) is 11.5 Å². The van der Waals surface area contributed by atoms with Crippen LogP contribution in [-0.4, -0.2) is 37.7 Å². The zero-order chi connectivity index (χ0) is 19.2. The molecule has 0 aliphatic heterocycles. The first-order valence-corrected chi connectivity index (χ1v) is 8.37. The molecule has 1 aromatic rings. The lowest BCUT2D eigenvalue weighted by molar-refractivity contribution is -0.142. The van der Waals surface area contributed by atoms with Gasteiger partial charge in [0.15, 0.2) is 11.5 Å². The Labute approximate surface area is 149 Å². The Kier molecular flexibility index (Phi) is 7.27. The topological polar surface area (TPSA) is 84.9 Å². The molecular formula is C19H29NO5. The van der Waals surface area contributed by atoms with Gasteiger partial charge in [-0.1, -0.05) is 19.9 Å². The standard InChI is InChI=1S/C19H29NO5/c1-12(2)9-13(17(21)22)11-20-18(23)19(3,4)14-7-8-15(24-5)16(10-14)25-6/h7-8,10,12-13H,9,11H2,1-6H3,(H,20,23)(H,21,22). The molecule has 6 nitrogen and oxygen atoms in total. The molecule has 0 fully saturated rings. The van der Waals surface area contributed by atoms with Gasteiger partial charge in [-0.3, -0.25) is 9.59 Å². The average molecular weight is 351 g/mol. The van der Waals surface area contributed by atoms with E-state index in [-0.39, 0.29) is 18.4 Å². The van der Waals surface area contributed by atoms with Crippen molar-refractivity contribution in [2.45, 2.75) is 39.5 Å². The Balaban J connectivity index is 2.90. The van der Waals surface area contributed by atoms with E-state index in [4.69, 9.17) is 9.47 Å². The number of methoxy groups -OCH3 is 2. The summed E-state index contributed by atoms with van der Waals surface area (Å²) in [5.41, 5.74) is -0.0705. The number of aliphatic carboxylic acids is 1. The van der Waals surface area contributed by atoms with Gasteiger partial charge >= 0.3 is 5.97 Å². The highest BCUT2D eigenvalue weighted by atomic mass is 16.5. The van der Waals surface area contributed by atoms with Crippen molar-refractivity contribution in [3.63, 3.8) is 0 Å². The third-order valence-electron chi connectivity index (χ3n) is 4.29. The molecule has 6 heteroatoms. The van der Waals surface area contributed by atoms with Crippen molar-refractivity contribution in [1.29, 1.82) is 0 Å². The minimum Gasteiger partial charge on any atom is -0.493 e. The minimum atomic E-state index is -0.891. The van der Waals surface area contributed by atoms with Crippen LogP contribution in [0, 0.1) is 11.8 Å². The number of carboxylic acid groups (broad SMARTS) is 1. The van der Waals surface area contributed by atoms with Gasteiger partial charge in [-0.25, -0.2) is 0 Å². The van der Waals surface area contributed by atoms with E-state index < -0.39 is 17.3 Å². The molecule has 25 heavy (non-hydrogen) atoms. The van der Waals surface area contributed by atoms with E-state index in [1.54, 1.807) is 33.1 Å². The molecule has 1 amide bonds. The second kappa shape index (κ2) is 8.74. The number of carboxylic acids is 1. The molecule has 140 valence electrons. The molecule has 0 radical (unpaired) electrons. The van der Waals surface area contributed by atoms with E-state index >= 15 is 0 Å². The van der Waals surface area contributed by atoms with E-state index in [1.807, 2.05) is 19.9 Å². The summed E-state index contributed by atoms with van der Waals surface area (Å²) < 4.78 is 10.5. The highest BCUT2D eigenvalue weighted by Crippen LogP contribution is 2.33. The van der Waals surface area contributed by atoms with Crippen LogP contribution in [0.1, 0.15) is 39.7 Å². The van der Waals surface area contributed by atoms with Crippen LogP contribution < -0.4 is 14.8 Å². The van der Waals surface area contributed by atoms with Gasteiger partial charge in [-0.15, -0.1) is 0 Å². The number of hydrogen-bond donors (Lipinski definition) is 2. The lowest BCUT2D eigenvalue weighted by Gasteiger charge is -2.26. The molecule has 0 aliphatic carbocycles.